The first kappa shape index (κ1) is 22.6. The van der Waals surface area contributed by atoms with E-state index in [0.717, 1.165) is 28.0 Å². The molecular formula is C28H26O4. The molecule has 0 spiro atoms. The van der Waals surface area contributed by atoms with Crippen molar-refractivity contribution < 1.29 is 19.0 Å². The van der Waals surface area contributed by atoms with Crippen molar-refractivity contribution in [3.63, 3.8) is 0 Å². The molecule has 4 heteroatoms. The number of rotatable bonds is 9. The zero-order chi connectivity index (χ0) is 22.8. The summed E-state index contributed by atoms with van der Waals surface area (Å²) in [5.41, 5.74) is 3.65. The molecule has 0 saturated heterocycles. The zero-order valence-electron chi connectivity index (χ0n) is 18.4. The molecule has 3 rings (SSSR count). The summed E-state index contributed by atoms with van der Waals surface area (Å²) in [5.74, 6) is 1.98. The lowest BCUT2D eigenvalue weighted by Crippen LogP contribution is -1.94. The van der Waals surface area contributed by atoms with Crippen molar-refractivity contribution in [1.29, 1.82) is 0 Å². The van der Waals surface area contributed by atoms with Crippen LogP contribution in [-0.4, -0.2) is 27.1 Å². The number of methoxy groups -OCH3 is 3. The first-order valence-electron chi connectivity index (χ1n) is 10.2. The highest BCUT2D eigenvalue weighted by Gasteiger charge is 2.09. The van der Waals surface area contributed by atoms with E-state index >= 15 is 0 Å². The van der Waals surface area contributed by atoms with Crippen LogP contribution in [-0.2, 0) is 4.79 Å². The van der Waals surface area contributed by atoms with Crippen LogP contribution in [0.15, 0.2) is 78.9 Å². The highest BCUT2D eigenvalue weighted by atomic mass is 16.5. The highest BCUT2D eigenvalue weighted by molar-refractivity contribution is 6.05. The van der Waals surface area contributed by atoms with Crippen molar-refractivity contribution in [2.75, 3.05) is 21.3 Å². The molecule has 0 saturated carbocycles. The molecule has 0 aliphatic rings. The van der Waals surface area contributed by atoms with E-state index in [1.165, 1.54) is 6.08 Å². The van der Waals surface area contributed by atoms with Gasteiger partial charge in [-0.2, -0.15) is 0 Å². The lowest BCUT2D eigenvalue weighted by atomic mass is 10.0. The average Bonchev–Trinajstić information content (AvgIpc) is 2.85. The smallest absolute Gasteiger partial charge is 0.178 e. The van der Waals surface area contributed by atoms with Gasteiger partial charge < -0.3 is 14.2 Å². The van der Waals surface area contributed by atoms with Crippen LogP contribution in [0, 0.1) is 0 Å². The quantitative estimate of drug-likeness (QED) is 0.303. The minimum Gasteiger partial charge on any atom is -0.497 e. The molecule has 0 aliphatic carbocycles. The van der Waals surface area contributed by atoms with Crippen LogP contribution in [0.25, 0.3) is 24.3 Å². The van der Waals surface area contributed by atoms with Crippen molar-refractivity contribution >= 4 is 30.1 Å². The Bertz CT molecular complexity index is 1120. The van der Waals surface area contributed by atoms with Crippen LogP contribution in [0.2, 0.25) is 0 Å². The van der Waals surface area contributed by atoms with E-state index in [4.69, 9.17) is 14.2 Å². The zero-order valence-corrected chi connectivity index (χ0v) is 18.4. The van der Waals surface area contributed by atoms with Crippen molar-refractivity contribution in [2.24, 2.45) is 0 Å². The second-order valence-electron chi connectivity index (χ2n) is 6.92. The van der Waals surface area contributed by atoms with Gasteiger partial charge in [-0.1, -0.05) is 60.7 Å². The topological polar surface area (TPSA) is 44.8 Å². The number of benzene rings is 3. The first-order chi connectivity index (χ1) is 15.6. The Labute approximate surface area is 189 Å². The Morgan fingerprint density at radius 1 is 0.656 bits per heavy atom. The Morgan fingerprint density at radius 2 is 1.31 bits per heavy atom. The van der Waals surface area contributed by atoms with Gasteiger partial charge in [-0.05, 0) is 53.1 Å². The molecule has 0 heterocycles. The number of hydrogen-bond acceptors (Lipinski definition) is 4. The molecule has 4 nitrogen and oxygen atoms in total. The van der Waals surface area contributed by atoms with Crippen molar-refractivity contribution in [1.82, 2.24) is 0 Å². The van der Waals surface area contributed by atoms with Crippen LogP contribution in [0.3, 0.4) is 0 Å². The summed E-state index contributed by atoms with van der Waals surface area (Å²) >= 11 is 0. The molecule has 0 aliphatic heterocycles. The molecule has 0 fully saturated rings. The van der Waals surface area contributed by atoms with E-state index < -0.39 is 0 Å². The molecule has 0 N–H and O–H groups in total. The molecule has 0 amide bonds. The van der Waals surface area contributed by atoms with Crippen LogP contribution >= 0.6 is 0 Å². The number of carbonyl (C=O) groups excluding carboxylic acids is 1. The fraction of sp³-hybridized carbons (Fsp3) is 0.107. The van der Waals surface area contributed by atoms with E-state index in [1.807, 2.05) is 72.8 Å². The van der Waals surface area contributed by atoms with Crippen molar-refractivity contribution in [2.45, 2.75) is 0 Å². The number of ether oxygens (including phenoxy) is 3. The largest absolute Gasteiger partial charge is 0.497 e. The minimum atomic E-state index is -0.114. The molecule has 162 valence electrons. The van der Waals surface area contributed by atoms with E-state index in [1.54, 1.807) is 45.6 Å². The van der Waals surface area contributed by atoms with Gasteiger partial charge in [0.15, 0.2) is 5.78 Å². The van der Waals surface area contributed by atoms with Gasteiger partial charge in [0, 0.05) is 11.6 Å². The summed E-state index contributed by atoms with van der Waals surface area (Å²) < 4.78 is 16.2. The molecule has 0 atom stereocenters. The summed E-state index contributed by atoms with van der Waals surface area (Å²) in [5, 5.41) is 0. The molecule has 32 heavy (non-hydrogen) atoms. The number of ketones is 1. The number of carbonyl (C=O) groups is 1. The second-order valence-corrected chi connectivity index (χ2v) is 6.92. The Morgan fingerprint density at radius 3 is 1.97 bits per heavy atom. The summed E-state index contributed by atoms with van der Waals surface area (Å²) in [6.07, 6.45) is 10.6. The fourth-order valence-corrected chi connectivity index (χ4v) is 3.09. The van der Waals surface area contributed by atoms with Gasteiger partial charge in [0.05, 0.1) is 21.3 Å². The predicted molar refractivity (Wildman–Crippen MR) is 131 cm³/mol. The third-order valence-electron chi connectivity index (χ3n) is 4.83. The Kier molecular flexibility index (Phi) is 8.04. The van der Waals surface area contributed by atoms with E-state index in [9.17, 15) is 4.79 Å². The van der Waals surface area contributed by atoms with Crippen LogP contribution < -0.4 is 14.2 Å². The Balaban J connectivity index is 1.89. The summed E-state index contributed by atoms with van der Waals surface area (Å²) in [6, 6.07) is 21.2. The summed E-state index contributed by atoms with van der Waals surface area (Å²) in [7, 11) is 4.85. The van der Waals surface area contributed by atoms with E-state index in [0.29, 0.717) is 11.5 Å². The monoisotopic (exact) mass is 426 g/mol. The first-order valence-corrected chi connectivity index (χ1v) is 10.2. The molecule has 0 unspecified atom stereocenters. The summed E-state index contributed by atoms with van der Waals surface area (Å²) in [4.78, 5) is 12.4. The van der Waals surface area contributed by atoms with E-state index in [2.05, 4.69) is 0 Å². The van der Waals surface area contributed by atoms with Crippen molar-refractivity contribution in [3.8, 4) is 17.2 Å². The lowest BCUT2D eigenvalue weighted by molar-refractivity contribution is -0.110. The molecule has 0 aromatic heterocycles. The average molecular weight is 427 g/mol. The Hall–Kier alpha value is -4.05. The minimum absolute atomic E-state index is 0.114. The third-order valence-corrected chi connectivity index (χ3v) is 4.83. The summed E-state index contributed by atoms with van der Waals surface area (Å²) in [6.45, 7) is 0. The van der Waals surface area contributed by atoms with Gasteiger partial charge in [0.25, 0.3) is 0 Å². The molecular weight excluding hydrogens is 400 g/mol. The highest BCUT2D eigenvalue weighted by Crippen LogP contribution is 2.31. The van der Waals surface area contributed by atoms with Crippen molar-refractivity contribution in [3.05, 3.63) is 101 Å². The van der Waals surface area contributed by atoms with Gasteiger partial charge in [-0.25, -0.2) is 0 Å². The van der Waals surface area contributed by atoms with E-state index in [-0.39, 0.29) is 5.78 Å². The number of allylic oxidation sites excluding steroid dienone is 2. The van der Waals surface area contributed by atoms with Crippen LogP contribution in [0.4, 0.5) is 0 Å². The maximum atomic E-state index is 12.4. The standard InChI is InChI=1S/C28H26O4/c1-30-25-16-11-22(12-17-25)9-13-23-19-26(31-2)20-28(32-3)27(23)18-15-24(29)14-10-21-7-5-4-6-8-21/h4-20H,1-3H3/b13-9+,14-10+,18-15+. The third kappa shape index (κ3) is 6.22. The molecule has 0 radical (unpaired) electrons. The van der Waals surface area contributed by atoms with Gasteiger partial charge >= 0.3 is 0 Å². The predicted octanol–water partition coefficient (Wildman–Crippen LogP) is 6.18. The molecule has 3 aromatic rings. The van der Waals surface area contributed by atoms with Crippen LogP contribution in [0.5, 0.6) is 17.2 Å². The molecule has 3 aromatic carbocycles. The molecule has 0 bridgehead atoms. The van der Waals surface area contributed by atoms with Gasteiger partial charge in [-0.15, -0.1) is 0 Å². The van der Waals surface area contributed by atoms with Crippen LogP contribution in [0.1, 0.15) is 22.3 Å². The maximum absolute atomic E-state index is 12.4. The second kappa shape index (κ2) is 11.4. The van der Waals surface area contributed by atoms with Gasteiger partial charge in [0.1, 0.15) is 17.2 Å². The normalized spacial score (nSPS) is 11.3. The SMILES string of the molecule is COc1ccc(/C=C/c2cc(OC)cc(OC)c2/C=C/C(=O)/C=C/c2ccccc2)cc1. The maximum Gasteiger partial charge on any atom is 0.178 e. The number of hydrogen-bond donors (Lipinski definition) is 0. The van der Waals surface area contributed by atoms with Gasteiger partial charge in [-0.3, -0.25) is 4.79 Å². The van der Waals surface area contributed by atoms with Gasteiger partial charge in [0.2, 0.25) is 0 Å². The fourth-order valence-electron chi connectivity index (χ4n) is 3.09. The lowest BCUT2D eigenvalue weighted by Gasteiger charge is -2.11.